The zero-order valence-corrected chi connectivity index (χ0v) is 17.4. The van der Waals surface area contributed by atoms with E-state index in [2.05, 4.69) is 19.6 Å². The monoisotopic (exact) mass is 426 g/mol. The molecule has 1 aromatic carbocycles. The van der Waals surface area contributed by atoms with Crippen molar-refractivity contribution >= 4 is 28.5 Å². The van der Waals surface area contributed by atoms with Gasteiger partial charge in [-0.2, -0.15) is 0 Å². The molecule has 0 bridgehead atoms. The van der Waals surface area contributed by atoms with Crippen LogP contribution < -0.4 is 0 Å². The van der Waals surface area contributed by atoms with Gasteiger partial charge < -0.3 is 8.98 Å². The predicted octanol–water partition coefficient (Wildman–Crippen LogP) is 3.13. The quantitative estimate of drug-likeness (QED) is 0.410. The summed E-state index contributed by atoms with van der Waals surface area (Å²) in [5, 5.41) is 5.37. The van der Waals surface area contributed by atoms with Crippen LogP contribution in [0, 0.1) is 13.8 Å². The van der Waals surface area contributed by atoms with Gasteiger partial charge in [0.05, 0.1) is 35.9 Å². The van der Waals surface area contributed by atoms with Crippen LogP contribution >= 0.6 is 0 Å². The summed E-state index contributed by atoms with van der Waals surface area (Å²) >= 11 is 0. The summed E-state index contributed by atoms with van der Waals surface area (Å²) in [5.74, 6) is 0.554. The summed E-state index contributed by atoms with van der Waals surface area (Å²) in [6.45, 7) is 4.62. The number of hydrogen-bond acceptors (Lipinski definition) is 6. The minimum Gasteiger partial charge on any atom is -0.467 e. The Bertz CT molecular complexity index is 1510. The number of rotatable bonds is 4. The van der Waals surface area contributed by atoms with E-state index in [-0.39, 0.29) is 18.4 Å². The molecule has 9 nitrogen and oxygen atoms in total. The van der Waals surface area contributed by atoms with E-state index in [0.717, 1.165) is 28.1 Å². The molecule has 0 N–H and O–H groups in total. The lowest BCUT2D eigenvalue weighted by Gasteiger charge is -2.10. The first-order valence-corrected chi connectivity index (χ1v) is 10.2. The van der Waals surface area contributed by atoms with Crippen LogP contribution in [0.25, 0.3) is 16.7 Å². The molecular weight excluding hydrogens is 408 g/mol. The molecule has 0 aliphatic carbocycles. The molecular formula is C23H18N6O3. The van der Waals surface area contributed by atoms with Crippen molar-refractivity contribution in [1.82, 2.24) is 29.0 Å². The van der Waals surface area contributed by atoms with E-state index in [4.69, 9.17) is 4.42 Å². The standard InChI is InChI=1S/C23H18N6O3/c1-13-14(2)27(10-15-6-5-9-32-15)20-19(13)21-25-18(26-29(21)12-24-20)11-28-22(30)16-7-3-4-8-17(16)23(28)31/h3-9,12H,10-11H2,1-2H3. The number of carbonyl (C=O) groups is 2. The Morgan fingerprint density at radius 3 is 2.38 bits per heavy atom. The molecule has 2 amide bonds. The average molecular weight is 426 g/mol. The van der Waals surface area contributed by atoms with Crippen LogP contribution in [0.15, 0.2) is 53.4 Å². The van der Waals surface area contributed by atoms with Crippen LogP contribution in [0.4, 0.5) is 0 Å². The zero-order valence-electron chi connectivity index (χ0n) is 17.4. The third-order valence-electron chi connectivity index (χ3n) is 6.06. The summed E-state index contributed by atoms with van der Waals surface area (Å²) in [5.41, 5.74) is 4.34. The minimum absolute atomic E-state index is 0.000648. The number of hydrogen-bond donors (Lipinski definition) is 0. The summed E-state index contributed by atoms with van der Waals surface area (Å²) in [7, 11) is 0. The second-order valence-corrected chi connectivity index (χ2v) is 7.86. The van der Waals surface area contributed by atoms with E-state index in [9.17, 15) is 9.59 Å². The van der Waals surface area contributed by atoms with E-state index in [1.807, 2.05) is 26.0 Å². The van der Waals surface area contributed by atoms with Gasteiger partial charge in [0.2, 0.25) is 0 Å². The number of furan rings is 1. The molecule has 32 heavy (non-hydrogen) atoms. The Morgan fingerprint density at radius 1 is 0.938 bits per heavy atom. The molecule has 0 unspecified atom stereocenters. The summed E-state index contributed by atoms with van der Waals surface area (Å²) in [6.07, 6.45) is 3.26. The Hall–Kier alpha value is -4.27. The van der Waals surface area contributed by atoms with E-state index in [1.165, 1.54) is 4.90 Å². The first-order chi connectivity index (χ1) is 15.5. The maximum Gasteiger partial charge on any atom is 0.261 e. The molecule has 158 valence electrons. The summed E-state index contributed by atoms with van der Waals surface area (Å²) in [4.78, 5) is 35.9. The number of aromatic nitrogens is 5. The van der Waals surface area contributed by atoms with Crippen molar-refractivity contribution in [1.29, 1.82) is 0 Å². The second kappa shape index (κ2) is 6.61. The molecule has 4 aromatic heterocycles. The van der Waals surface area contributed by atoms with Crippen molar-refractivity contribution in [3.05, 3.63) is 83.0 Å². The number of amides is 2. The lowest BCUT2D eigenvalue weighted by Crippen LogP contribution is -2.29. The number of carbonyl (C=O) groups excluding carboxylic acids is 2. The third kappa shape index (κ3) is 2.54. The molecule has 1 aliphatic heterocycles. The highest BCUT2D eigenvalue weighted by molar-refractivity contribution is 6.21. The van der Waals surface area contributed by atoms with E-state index >= 15 is 0 Å². The van der Waals surface area contributed by atoms with Gasteiger partial charge in [0.25, 0.3) is 11.8 Å². The van der Waals surface area contributed by atoms with Crippen molar-refractivity contribution in [2.24, 2.45) is 0 Å². The van der Waals surface area contributed by atoms with Crippen LogP contribution in [0.5, 0.6) is 0 Å². The van der Waals surface area contributed by atoms with Gasteiger partial charge in [0.1, 0.15) is 17.7 Å². The third-order valence-corrected chi connectivity index (χ3v) is 6.06. The number of aryl methyl sites for hydroxylation is 1. The van der Waals surface area contributed by atoms with Gasteiger partial charge >= 0.3 is 0 Å². The smallest absolute Gasteiger partial charge is 0.261 e. The SMILES string of the molecule is Cc1c(C)n(Cc2ccco2)c2ncn3nc(CN4C(=O)c5ccccc5C4=O)nc3c12. The minimum atomic E-state index is -0.329. The highest BCUT2D eigenvalue weighted by atomic mass is 16.3. The van der Waals surface area contributed by atoms with E-state index < -0.39 is 0 Å². The summed E-state index contributed by atoms with van der Waals surface area (Å²) < 4.78 is 9.19. The van der Waals surface area contributed by atoms with Crippen molar-refractivity contribution < 1.29 is 14.0 Å². The first kappa shape index (κ1) is 18.5. The molecule has 1 aliphatic rings. The van der Waals surface area contributed by atoms with Gasteiger partial charge in [-0.05, 0) is 43.7 Å². The molecule has 9 heteroatoms. The fourth-order valence-corrected chi connectivity index (χ4v) is 4.32. The van der Waals surface area contributed by atoms with Crippen LogP contribution in [0.1, 0.15) is 43.6 Å². The zero-order chi connectivity index (χ0) is 22.0. The molecule has 0 saturated carbocycles. The molecule has 0 spiro atoms. The topological polar surface area (TPSA) is 98.5 Å². The van der Waals surface area contributed by atoms with Gasteiger partial charge in [-0.15, -0.1) is 5.10 Å². The van der Waals surface area contributed by atoms with Crippen LogP contribution in [-0.2, 0) is 13.1 Å². The maximum absolute atomic E-state index is 12.7. The number of nitrogens with zero attached hydrogens (tertiary/aromatic N) is 6. The Labute approximate surface area is 181 Å². The molecule has 0 saturated heterocycles. The molecule has 6 rings (SSSR count). The predicted molar refractivity (Wildman–Crippen MR) is 114 cm³/mol. The lowest BCUT2D eigenvalue weighted by atomic mass is 10.1. The number of benzene rings is 1. The first-order valence-electron chi connectivity index (χ1n) is 10.2. The highest BCUT2D eigenvalue weighted by Gasteiger charge is 2.36. The molecule has 0 atom stereocenters. The van der Waals surface area contributed by atoms with Crippen molar-refractivity contribution in [2.75, 3.05) is 0 Å². The van der Waals surface area contributed by atoms with Gasteiger partial charge in [-0.1, -0.05) is 12.1 Å². The van der Waals surface area contributed by atoms with Crippen molar-refractivity contribution in [3.63, 3.8) is 0 Å². The second-order valence-electron chi connectivity index (χ2n) is 7.86. The Kier molecular flexibility index (Phi) is 3.82. The van der Waals surface area contributed by atoms with Crippen LogP contribution in [0.3, 0.4) is 0 Å². The van der Waals surface area contributed by atoms with Crippen LogP contribution in [-0.4, -0.2) is 40.9 Å². The Balaban J connectivity index is 1.41. The number of fused-ring (bicyclic) bond motifs is 4. The van der Waals surface area contributed by atoms with Gasteiger partial charge in [-0.25, -0.2) is 14.5 Å². The van der Waals surface area contributed by atoms with Gasteiger partial charge in [0.15, 0.2) is 11.5 Å². The van der Waals surface area contributed by atoms with Crippen molar-refractivity contribution in [2.45, 2.75) is 26.9 Å². The highest BCUT2D eigenvalue weighted by Crippen LogP contribution is 2.28. The lowest BCUT2D eigenvalue weighted by molar-refractivity contribution is 0.0638. The van der Waals surface area contributed by atoms with Crippen LogP contribution in [0.2, 0.25) is 0 Å². The largest absolute Gasteiger partial charge is 0.467 e. The maximum atomic E-state index is 12.7. The fraction of sp³-hybridized carbons (Fsp3) is 0.174. The Morgan fingerprint density at radius 2 is 1.69 bits per heavy atom. The molecule has 5 aromatic rings. The average Bonchev–Trinajstić information content (AvgIpc) is 3.55. The normalized spacial score (nSPS) is 13.6. The molecule has 0 radical (unpaired) electrons. The van der Waals surface area contributed by atoms with Crippen molar-refractivity contribution in [3.8, 4) is 0 Å². The molecule has 0 fully saturated rings. The fourth-order valence-electron chi connectivity index (χ4n) is 4.32. The summed E-state index contributed by atoms with van der Waals surface area (Å²) in [6, 6.07) is 10.6. The van der Waals surface area contributed by atoms with Gasteiger partial charge in [0, 0.05) is 5.69 Å². The van der Waals surface area contributed by atoms with Gasteiger partial charge in [-0.3, -0.25) is 14.5 Å². The number of imide groups is 1. The molecule has 5 heterocycles. The van der Waals surface area contributed by atoms with E-state index in [1.54, 1.807) is 41.4 Å². The van der Waals surface area contributed by atoms with E-state index in [0.29, 0.717) is 29.1 Å².